The van der Waals surface area contributed by atoms with E-state index in [4.69, 9.17) is 4.74 Å². The molecule has 1 heterocycles. The van der Waals surface area contributed by atoms with Gasteiger partial charge in [-0.25, -0.2) is 9.18 Å². The van der Waals surface area contributed by atoms with Gasteiger partial charge in [0.1, 0.15) is 5.82 Å². The molecule has 0 bridgehead atoms. The summed E-state index contributed by atoms with van der Waals surface area (Å²) in [6.07, 6.45) is -0.678. The quantitative estimate of drug-likeness (QED) is 0.734. The van der Waals surface area contributed by atoms with E-state index in [1.807, 2.05) is 12.1 Å². The zero-order chi connectivity index (χ0) is 21.9. The lowest BCUT2D eigenvalue weighted by Gasteiger charge is -2.37. The number of carbonyl (C=O) groups excluding carboxylic acids is 2. The van der Waals surface area contributed by atoms with Crippen LogP contribution < -0.4 is 5.32 Å². The summed E-state index contributed by atoms with van der Waals surface area (Å²) >= 11 is 0. The van der Waals surface area contributed by atoms with Crippen LogP contribution in [-0.4, -0.2) is 40.9 Å². The van der Waals surface area contributed by atoms with E-state index in [2.05, 4.69) is 26.1 Å². The molecule has 0 spiro atoms. The van der Waals surface area contributed by atoms with Gasteiger partial charge in [0, 0.05) is 31.6 Å². The molecule has 2 N–H and O–H groups in total. The average molecular weight is 414 g/mol. The molecule has 0 saturated carbocycles. The van der Waals surface area contributed by atoms with Crippen molar-refractivity contribution in [3.05, 3.63) is 65.5 Å². The lowest BCUT2D eigenvalue weighted by Crippen LogP contribution is -2.49. The Morgan fingerprint density at radius 1 is 1.07 bits per heavy atom. The summed E-state index contributed by atoms with van der Waals surface area (Å²) in [5.74, 6) is -2.71. The normalized spacial score (nSPS) is 16.1. The zero-order valence-electron chi connectivity index (χ0n) is 17.4. The predicted octanol–water partition coefficient (Wildman–Crippen LogP) is 4.30. The Labute approximate surface area is 175 Å². The number of halogens is 1. The first-order chi connectivity index (χ1) is 14.1. The van der Waals surface area contributed by atoms with E-state index in [0.29, 0.717) is 5.69 Å². The Balaban J connectivity index is 1.54. The van der Waals surface area contributed by atoms with Crippen molar-refractivity contribution >= 4 is 17.7 Å². The number of carbonyl (C=O) groups is 2. The van der Waals surface area contributed by atoms with Crippen LogP contribution in [0.5, 0.6) is 0 Å². The highest BCUT2D eigenvalue weighted by atomic mass is 19.1. The predicted molar refractivity (Wildman–Crippen MR) is 112 cm³/mol. The molecule has 7 heteroatoms. The second-order valence-electron chi connectivity index (χ2n) is 8.56. The highest BCUT2D eigenvalue weighted by Gasteiger charge is 2.38. The van der Waals surface area contributed by atoms with E-state index in [1.165, 1.54) is 23.1 Å². The number of hydrogen-bond donors (Lipinski definition) is 2. The molecule has 2 aromatic rings. The first kappa shape index (κ1) is 21.8. The maximum Gasteiger partial charge on any atom is 0.414 e. The molecule has 6 nitrogen and oxygen atoms in total. The molecule has 1 saturated heterocycles. The highest BCUT2D eigenvalue weighted by molar-refractivity contribution is 5.94. The number of hydrogen-bond acceptors (Lipinski definition) is 4. The minimum Gasteiger partial charge on any atom is -0.417 e. The van der Waals surface area contributed by atoms with Crippen molar-refractivity contribution in [2.45, 2.75) is 44.8 Å². The van der Waals surface area contributed by atoms with Crippen LogP contribution in [0.25, 0.3) is 0 Å². The van der Waals surface area contributed by atoms with Crippen molar-refractivity contribution in [3.8, 4) is 0 Å². The first-order valence-corrected chi connectivity index (χ1v) is 9.94. The van der Waals surface area contributed by atoms with Gasteiger partial charge >= 0.3 is 6.09 Å². The maximum atomic E-state index is 13.8. The second kappa shape index (κ2) is 8.44. The number of likely N-dealkylation sites (tertiary alicyclic amines) is 1. The van der Waals surface area contributed by atoms with Crippen LogP contribution in [0.4, 0.5) is 14.9 Å². The molecule has 0 aromatic heterocycles. The van der Waals surface area contributed by atoms with Gasteiger partial charge < -0.3 is 14.7 Å². The molecule has 160 valence electrons. The molecule has 0 unspecified atom stereocenters. The van der Waals surface area contributed by atoms with E-state index >= 15 is 0 Å². The Morgan fingerprint density at radius 2 is 1.67 bits per heavy atom. The zero-order valence-corrected chi connectivity index (χ0v) is 17.4. The lowest BCUT2D eigenvalue weighted by atomic mass is 9.87. The molecule has 30 heavy (non-hydrogen) atoms. The van der Waals surface area contributed by atoms with Crippen LogP contribution in [0.1, 0.15) is 49.5 Å². The number of amides is 2. The van der Waals surface area contributed by atoms with Crippen LogP contribution in [0.15, 0.2) is 48.5 Å². The summed E-state index contributed by atoms with van der Waals surface area (Å²) in [7, 11) is 0. The van der Waals surface area contributed by atoms with E-state index in [-0.39, 0.29) is 36.9 Å². The molecular weight excluding hydrogens is 387 g/mol. The number of ether oxygens (including phenoxy) is 1. The van der Waals surface area contributed by atoms with Crippen LogP contribution in [0, 0.1) is 5.82 Å². The second-order valence-corrected chi connectivity index (χ2v) is 8.56. The molecule has 2 amide bonds. The standard InChI is InChI=1S/C23H27FN2O4/c1-22(2,3)16-8-10-17(11-9-16)25-21(28)30-23(29)12-14-26(15-13-23)20(27)18-6-4-5-7-19(18)24/h4-11,29H,12-15H2,1-3H3,(H,25,28). The third-order valence-corrected chi connectivity index (χ3v) is 5.22. The van der Waals surface area contributed by atoms with Crippen molar-refractivity contribution in [1.29, 1.82) is 0 Å². The van der Waals surface area contributed by atoms with Gasteiger partial charge in [0.2, 0.25) is 5.79 Å². The van der Waals surface area contributed by atoms with E-state index in [0.717, 1.165) is 5.56 Å². The third kappa shape index (κ3) is 5.16. The van der Waals surface area contributed by atoms with Crippen molar-refractivity contribution in [2.24, 2.45) is 0 Å². The van der Waals surface area contributed by atoms with E-state index < -0.39 is 23.6 Å². The van der Waals surface area contributed by atoms with Gasteiger partial charge in [0.15, 0.2) is 0 Å². The third-order valence-electron chi connectivity index (χ3n) is 5.22. The topological polar surface area (TPSA) is 78.9 Å². The minimum absolute atomic E-state index is 0.00225. The van der Waals surface area contributed by atoms with Crippen molar-refractivity contribution in [2.75, 3.05) is 18.4 Å². The summed E-state index contributed by atoms with van der Waals surface area (Å²) in [6, 6.07) is 13.2. The van der Waals surface area contributed by atoms with Crippen LogP contribution >= 0.6 is 0 Å². The van der Waals surface area contributed by atoms with Gasteiger partial charge in [-0.05, 0) is 35.2 Å². The van der Waals surface area contributed by atoms with E-state index in [9.17, 15) is 19.1 Å². The first-order valence-electron chi connectivity index (χ1n) is 9.94. The van der Waals surface area contributed by atoms with Crippen molar-refractivity contribution < 1.29 is 23.8 Å². The number of nitrogens with one attached hydrogen (secondary N) is 1. The SMILES string of the molecule is CC(C)(C)c1ccc(NC(=O)OC2(O)CCN(C(=O)c3ccccc3F)CC2)cc1. The van der Waals surface area contributed by atoms with Crippen molar-refractivity contribution in [3.63, 3.8) is 0 Å². The molecule has 0 atom stereocenters. The molecule has 3 rings (SSSR count). The maximum absolute atomic E-state index is 13.8. The fourth-order valence-corrected chi connectivity index (χ4v) is 3.34. The fourth-order valence-electron chi connectivity index (χ4n) is 3.34. The Kier molecular flexibility index (Phi) is 6.12. The van der Waals surface area contributed by atoms with E-state index in [1.54, 1.807) is 18.2 Å². The molecule has 0 aliphatic carbocycles. The highest BCUT2D eigenvalue weighted by Crippen LogP contribution is 2.27. The largest absolute Gasteiger partial charge is 0.417 e. The fraction of sp³-hybridized carbons (Fsp3) is 0.391. The van der Waals surface area contributed by atoms with Crippen LogP contribution in [0.3, 0.4) is 0 Å². The summed E-state index contributed by atoms with van der Waals surface area (Å²) in [6.45, 7) is 6.60. The number of benzene rings is 2. The van der Waals surface area contributed by atoms with Crippen LogP contribution in [0.2, 0.25) is 0 Å². The Hall–Kier alpha value is -2.93. The minimum atomic E-state index is -1.68. The number of nitrogens with zero attached hydrogens (tertiary/aromatic N) is 1. The number of rotatable bonds is 3. The number of anilines is 1. The molecule has 0 radical (unpaired) electrons. The van der Waals surface area contributed by atoms with Gasteiger partial charge in [-0.2, -0.15) is 0 Å². The summed E-state index contributed by atoms with van der Waals surface area (Å²) in [5.41, 5.74) is 1.68. The smallest absolute Gasteiger partial charge is 0.414 e. The Bertz CT molecular complexity index is 914. The molecule has 1 fully saturated rings. The van der Waals surface area contributed by atoms with Gasteiger partial charge in [-0.3, -0.25) is 10.1 Å². The van der Waals surface area contributed by atoms with Crippen LogP contribution in [-0.2, 0) is 10.2 Å². The number of piperidine rings is 1. The van der Waals surface area contributed by atoms with Crippen molar-refractivity contribution in [1.82, 2.24) is 4.90 Å². The van der Waals surface area contributed by atoms with Gasteiger partial charge in [-0.15, -0.1) is 0 Å². The monoisotopic (exact) mass is 414 g/mol. The molecule has 1 aliphatic rings. The number of aliphatic hydroxyl groups is 1. The van der Waals surface area contributed by atoms with Gasteiger partial charge in [0.05, 0.1) is 5.56 Å². The summed E-state index contributed by atoms with van der Waals surface area (Å²) in [4.78, 5) is 26.1. The lowest BCUT2D eigenvalue weighted by molar-refractivity contribution is -0.182. The average Bonchev–Trinajstić information content (AvgIpc) is 2.68. The molecular formula is C23H27FN2O4. The van der Waals surface area contributed by atoms with Gasteiger partial charge in [-0.1, -0.05) is 45.0 Å². The van der Waals surface area contributed by atoms with Gasteiger partial charge in [0.25, 0.3) is 5.91 Å². The molecule has 1 aliphatic heterocycles. The summed E-state index contributed by atoms with van der Waals surface area (Å²) < 4.78 is 19.1. The molecule has 2 aromatic carbocycles. The summed E-state index contributed by atoms with van der Waals surface area (Å²) in [5, 5.41) is 13.2. The Morgan fingerprint density at radius 3 is 2.23 bits per heavy atom.